The Bertz CT molecular complexity index is 597. The van der Waals surface area contributed by atoms with E-state index < -0.39 is 0 Å². The van der Waals surface area contributed by atoms with Gasteiger partial charge in [0.2, 0.25) is 0 Å². The van der Waals surface area contributed by atoms with Crippen LogP contribution in [0.3, 0.4) is 0 Å². The highest BCUT2D eigenvalue weighted by molar-refractivity contribution is 7.71. The Morgan fingerprint density at radius 2 is 1.94 bits per heavy atom. The van der Waals surface area contributed by atoms with E-state index in [0.717, 1.165) is 21.7 Å². The zero-order valence-corrected chi connectivity index (χ0v) is 10.6. The number of aromatic amines is 1. The number of H-pyrrole nitrogens is 1. The summed E-state index contributed by atoms with van der Waals surface area (Å²) in [6.07, 6.45) is 2.46. The Morgan fingerprint density at radius 1 is 1.24 bits per heavy atom. The smallest absolute Gasteiger partial charge is 0.133 e. The lowest BCUT2D eigenvalue weighted by molar-refractivity contribution is 0.914. The molecule has 2 aromatic rings. The third kappa shape index (κ3) is 2.03. The number of hydrogen-bond acceptors (Lipinski definition) is 2. The van der Waals surface area contributed by atoms with E-state index in [4.69, 9.17) is 12.2 Å². The predicted octanol–water partition coefficient (Wildman–Crippen LogP) is 3.99. The molecule has 1 N–H and O–H groups in total. The summed E-state index contributed by atoms with van der Waals surface area (Å²) in [5.74, 6) is 1.65. The minimum Gasteiger partial charge on any atom is -0.343 e. The molecule has 17 heavy (non-hydrogen) atoms. The lowest BCUT2D eigenvalue weighted by Crippen LogP contribution is -1.99. The molecule has 0 spiro atoms. The number of nitrogens with one attached hydrogen (secondary N) is 1. The van der Waals surface area contributed by atoms with Crippen molar-refractivity contribution in [1.29, 1.82) is 0 Å². The van der Waals surface area contributed by atoms with E-state index in [9.17, 15) is 0 Å². The van der Waals surface area contributed by atoms with Crippen LogP contribution in [0.1, 0.15) is 30.1 Å². The summed E-state index contributed by atoms with van der Waals surface area (Å²) < 4.78 is 0.726. The topological polar surface area (TPSA) is 28.7 Å². The number of aromatic nitrogens is 2. The molecule has 0 radical (unpaired) electrons. The van der Waals surface area contributed by atoms with Gasteiger partial charge in [0.15, 0.2) is 0 Å². The molecular formula is C14H14N2S. The predicted molar refractivity (Wildman–Crippen MR) is 71.6 cm³/mol. The normalized spacial score (nSPS) is 14.9. The lowest BCUT2D eigenvalue weighted by atomic mass is 10.1. The molecule has 1 aliphatic carbocycles. The van der Waals surface area contributed by atoms with Crippen LogP contribution < -0.4 is 0 Å². The van der Waals surface area contributed by atoms with Gasteiger partial charge in [-0.15, -0.1) is 0 Å². The quantitative estimate of drug-likeness (QED) is 0.807. The molecule has 1 heterocycles. The van der Waals surface area contributed by atoms with Gasteiger partial charge in [-0.1, -0.05) is 42.5 Å². The molecule has 86 valence electrons. The van der Waals surface area contributed by atoms with E-state index in [-0.39, 0.29) is 0 Å². The standard InChI is InChI=1S/C14H14N2S/c1-9-12(10-5-3-2-4-6-10)15-13(11-7-8-11)16-14(9)17/h2-6,11H,7-8H2,1H3,(H,15,16,17). The maximum absolute atomic E-state index is 5.34. The van der Waals surface area contributed by atoms with E-state index in [1.54, 1.807) is 0 Å². The van der Waals surface area contributed by atoms with Crippen LogP contribution in [0.2, 0.25) is 0 Å². The van der Waals surface area contributed by atoms with Gasteiger partial charge < -0.3 is 4.98 Å². The van der Waals surface area contributed by atoms with Crippen LogP contribution in [0.25, 0.3) is 11.3 Å². The molecule has 1 saturated carbocycles. The fourth-order valence-electron chi connectivity index (χ4n) is 1.99. The van der Waals surface area contributed by atoms with E-state index in [1.807, 2.05) is 25.1 Å². The minimum atomic E-state index is 0.597. The zero-order chi connectivity index (χ0) is 11.8. The van der Waals surface area contributed by atoms with Crippen molar-refractivity contribution in [3.05, 3.63) is 46.4 Å². The molecule has 0 saturated heterocycles. The largest absolute Gasteiger partial charge is 0.343 e. The van der Waals surface area contributed by atoms with Crippen LogP contribution in [-0.4, -0.2) is 9.97 Å². The van der Waals surface area contributed by atoms with Crippen molar-refractivity contribution in [2.45, 2.75) is 25.7 Å². The average molecular weight is 242 g/mol. The van der Waals surface area contributed by atoms with Crippen LogP contribution in [0.4, 0.5) is 0 Å². The van der Waals surface area contributed by atoms with Gasteiger partial charge in [-0.2, -0.15) is 0 Å². The monoisotopic (exact) mass is 242 g/mol. The molecule has 1 aliphatic rings. The Labute approximate surface area is 106 Å². The Hall–Kier alpha value is -1.48. The number of rotatable bonds is 2. The third-order valence-corrected chi connectivity index (χ3v) is 3.59. The molecule has 0 bridgehead atoms. The summed E-state index contributed by atoms with van der Waals surface area (Å²) in [5, 5.41) is 0. The molecule has 0 unspecified atom stereocenters. The summed E-state index contributed by atoms with van der Waals surface area (Å²) in [6, 6.07) is 10.3. The number of hydrogen-bond donors (Lipinski definition) is 1. The maximum atomic E-state index is 5.34. The van der Waals surface area contributed by atoms with Crippen LogP contribution in [-0.2, 0) is 0 Å². The van der Waals surface area contributed by atoms with Crippen LogP contribution in [0.5, 0.6) is 0 Å². The van der Waals surface area contributed by atoms with Gasteiger partial charge in [-0.25, -0.2) is 4.98 Å². The van der Waals surface area contributed by atoms with E-state index >= 15 is 0 Å². The summed E-state index contributed by atoms with van der Waals surface area (Å²) in [7, 11) is 0. The molecule has 1 fully saturated rings. The molecule has 3 rings (SSSR count). The second kappa shape index (κ2) is 4.08. The highest BCUT2D eigenvalue weighted by atomic mass is 32.1. The maximum Gasteiger partial charge on any atom is 0.133 e. The van der Waals surface area contributed by atoms with Crippen molar-refractivity contribution in [3.63, 3.8) is 0 Å². The SMILES string of the molecule is Cc1c(-c2ccccc2)[nH]c(C2CC2)nc1=S. The highest BCUT2D eigenvalue weighted by Crippen LogP contribution is 2.38. The van der Waals surface area contributed by atoms with Crippen molar-refractivity contribution in [3.8, 4) is 11.3 Å². The molecule has 1 aromatic carbocycles. The second-order valence-corrected chi connectivity index (χ2v) is 4.95. The van der Waals surface area contributed by atoms with Gasteiger partial charge in [-0.05, 0) is 25.3 Å². The Kier molecular flexibility index (Phi) is 2.56. The van der Waals surface area contributed by atoms with Gasteiger partial charge in [0.25, 0.3) is 0 Å². The molecule has 0 aliphatic heterocycles. The summed E-state index contributed by atoms with van der Waals surface area (Å²) in [5.41, 5.74) is 3.36. The fraction of sp³-hybridized carbons (Fsp3) is 0.286. The van der Waals surface area contributed by atoms with Crippen molar-refractivity contribution < 1.29 is 0 Å². The first-order valence-corrected chi connectivity index (χ1v) is 6.33. The van der Waals surface area contributed by atoms with Gasteiger partial charge in [0.05, 0.1) is 5.69 Å². The summed E-state index contributed by atoms with van der Waals surface area (Å²) in [6.45, 7) is 2.03. The van der Waals surface area contributed by atoms with E-state index in [2.05, 4.69) is 22.1 Å². The van der Waals surface area contributed by atoms with Crippen LogP contribution >= 0.6 is 12.2 Å². The van der Waals surface area contributed by atoms with E-state index in [0.29, 0.717) is 5.92 Å². The second-order valence-electron chi connectivity index (χ2n) is 4.57. The summed E-state index contributed by atoms with van der Waals surface area (Å²) >= 11 is 5.34. The van der Waals surface area contributed by atoms with Gasteiger partial charge in [-0.3, -0.25) is 0 Å². The van der Waals surface area contributed by atoms with Crippen molar-refractivity contribution in [2.24, 2.45) is 0 Å². The molecule has 2 nitrogen and oxygen atoms in total. The van der Waals surface area contributed by atoms with Crippen LogP contribution in [0, 0.1) is 11.6 Å². The lowest BCUT2D eigenvalue weighted by Gasteiger charge is -2.09. The van der Waals surface area contributed by atoms with E-state index in [1.165, 1.54) is 18.4 Å². The van der Waals surface area contributed by atoms with Gasteiger partial charge in [0, 0.05) is 11.5 Å². The van der Waals surface area contributed by atoms with Gasteiger partial charge in [0.1, 0.15) is 10.5 Å². The number of nitrogens with zero attached hydrogens (tertiary/aromatic N) is 1. The van der Waals surface area contributed by atoms with Gasteiger partial charge >= 0.3 is 0 Å². The molecule has 1 aromatic heterocycles. The fourth-order valence-corrected chi connectivity index (χ4v) is 2.19. The first kappa shape index (κ1) is 10.7. The zero-order valence-electron chi connectivity index (χ0n) is 9.73. The van der Waals surface area contributed by atoms with Crippen LogP contribution in [0.15, 0.2) is 30.3 Å². The third-order valence-electron chi connectivity index (χ3n) is 3.20. The molecule has 0 amide bonds. The average Bonchev–Trinajstić information content (AvgIpc) is 3.18. The first-order chi connectivity index (χ1) is 8.25. The minimum absolute atomic E-state index is 0.597. The number of benzene rings is 1. The van der Waals surface area contributed by atoms with Crippen molar-refractivity contribution >= 4 is 12.2 Å². The highest BCUT2D eigenvalue weighted by Gasteiger charge is 2.26. The first-order valence-electron chi connectivity index (χ1n) is 5.92. The Morgan fingerprint density at radius 3 is 2.59 bits per heavy atom. The molecule has 3 heteroatoms. The molecular weight excluding hydrogens is 228 g/mol. The Balaban J connectivity index is 2.18. The van der Waals surface area contributed by atoms with Crippen molar-refractivity contribution in [2.75, 3.05) is 0 Å². The summed E-state index contributed by atoms with van der Waals surface area (Å²) in [4.78, 5) is 7.93. The molecule has 0 atom stereocenters. The van der Waals surface area contributed by atoms with Crippen molar-refractivity contribution in [1.82, 2.24) is 9.97 Å².